The van der Waals surface area contributed by atoms with Crippen molar-refractivity contribution in [1.82, 2.24) is 9.78 Å². The van der Waals surface area contributed by atoms with E-state index in [-0.39, 0.29) is 5.56 Å². The van der Waals surface area contributed by atoms with E-state index in [4.69, 9.17) is 5.73 Å². The highest BCUT2D eigenvalue weighted by Gasteiger charge is 2.20. The average molecular weight is 300 g/mol. The third-order valence-electron chi connectivity index (χ3n) is 2.59. The van der Waals surface area contributed by atoms with Gasteiger partial charge in [-0.05, 0) is 22.0 Å². The highest BCUT2D eigenvalue weighted by Crippen LogP contribution is 2.30. The van der Waals surface area contributed by atoms with Crippen molar-refractivity contribution in [2.45, 2.75) is 6.10 Å². The number of aromatic nitrogens is 2. The summed E-state index contributed by atoms with van der Waals surface area (Å²) in [6.45, 7) is 0. The van der Waals surface area contributed by atoms with Crippen LogP contribution in [0.5, 0.6) is 0 Å². The van der Waals surface area contributed by atoms with Crippen molar-refractivity contribution in [3.63, 3.8) is 0 Å². The second-order valence-electron chi connectivity index (χ2n) is 3.65. The predicted octanol–water partition coefficient (Wildman–Crippen LogP) is 1.99. The quantitative estimate of drug-likeness (QED) is 0.891. The van der Waals surface area contributed by atoms with Gasteiger partial charge in [0.2, 0.25) is 0 Å². The molecule has 0 saturated carbocycles. The summed E-state index contributed by atoms with van der Waals surface area (Å²) in [6, 6.07) is 4.73. The zero-order chi connectivity index (χ0) is 12.6. The fourth-order valence-electron chi connectivity index (χ4n) is 1.57. The summed E-state index contributed by atoms with van der Waals surface area (Å²) in [5, 5.41) is 14.0. The van der Waals surface area contributed by atoms with E-state index in [1.54, 1.807) is 19.2 Å². The minimum absolute atomic E-state index is 0.166. The Morgan fingerprint density at radius 2 is 2.18 bits per heavy atom. The van der Waals surface area contributed by atoms with Crippen molar-refractivity contribution in [3.8, 4) is 0 Å². The lowest BCUT2D eigenvalue weighted by atomic mass is 10.0. The van der Waals surface area contributed by atoms with Crippen LogP contribution >= 0.6 is 15.9 Å². The molecule has 1 heterocycles. The Kier molecular flexibility index (Phi) is 3.17. The van der Waals surface area contributed by atoms with E-state index >= 15 is 0 Å². The molecule has 0 amide bonds. The fraction of sp³-hybridized carbons (Fsp3) is 0.182. The Morgan fingerprint density at radius 3 is 2.76 bits per heavy atom. The number of aliphatic hydroxyl groups excluding tert-OH is 1. The van der Waals surface area contributed by atoms with Crippen molar-refractivity contribution in [1.29, 1.82) is 0 Å². The summed E-state index contributed by atoms with van der Waals surface area (Å²) in [6.07, 6.45) is 0.307. The van der Waals surface area contributed by atoms with Gasteiger partial charge in [-0.3, -0.25) is 4.68 Å². The van der Waals surface area contributed by atoms with Gasteiger partial charge < -0.3 is 10.8 Å². The molecule has 0 fully saturated rings. The topological polar surface area (TPSA) is 64.1 Å². The zero-order valence-electron chi connectivity index (χ0n) is 9.06. The maximum absolute atomic E-state index is 13.8. The van der Waals surface area contributed by atoms with Gasteiger partial charge >= 0.3 is 0 Å². The van der Waals surface area contributed by atoms with Crippen LogP contribution in [0.1, 0.15) is 17.2 Å². The third kappa shape index (κ3) is 2.05. The number of nitrogens with zero attached hydrogens (tertiary/aromatic N) is 2. The Hall–Kier alpha value is -1.40. The molecule has 0 bridgehead atoms. The summed E-state index contributed by atoms with van der Waals surface area (Å²) in [7, 11) is 1.66. The monoisotopic (exact) mass is 299 g/mol. The maximum atomic E-state index is 13.8. The van der Waals surface area contributed by atoms with Gasteiger partial charge in [0.25, 0.3) is 0 Å². The number of anilines is 1. The minimum atomic E-state index is -1.12. The van der Waals surface area contributed by atoms with Crippen molar-refractivity contribution < 1.29 is 9.50 Å². The van der Waals surface area contributed by atoms with E-state index in [0.29, 0.717) is 15.9 Å². The van der Waals surface area contributed by atoms with Crippen molar-refractivity contribution in [3.05, 3.63) is 45.8 Å². The SMILES string of the molecule is Cn1ncc(C(O)c2cccc(Br)c2F)c1N. The van der Waals surface area contributed by atoms with Crippen LogP contribution in [0.2, 0.25) is 0 Å². The molecule has 6 heteroatoms. The molecule has 1 unspecified atom stereocenters. The highest BCUT2D eigenvalue weighted by molar-refractivity contribution is 9.10. The molecular formula is C11H11BrFN3O. The zero-order valence-corrected chi connectivity index (χ0v) is 10.6. The molecule has 0 radical (unpaired) electrons. The summed E-state index contributed by atoms with van der Waals surface area (Å²) >= 11 is 3.07. The number of hydrogen-bond donors (Lipinski definition) is 2. The Morgan fingerprint density at radius 1 is 1.47 bits per heavy atom. The largest absolute Gasteiger partial charge is 0.384 e. The standard InChI is InChI=1S/C11H11BrFN3O/c1-16-11(14)7(5-15-16)10(17)6-3-2-4-8(12)9(6)13/h2-5,10,17H,14H2,1H3. The molecule has 2 aromatic rings. The number of rotatable bonds is 2. The lowest BCUT2D eigenvalue weighted by Crippen LogP contribution is -2.06. The lowest BCUT2D eigenvalue weighted by Gasteiger charge is -2.12. The maximum Gasteiger partial charge on any atom is 0.143 e. The van der Waals surface area contributed by atoms with Gasteiger partial charge in [-0.25, -0.2) is 4.39 Å². The summed E-state index contributed by atoms with van der Waals surface area (Å²) in [5.41, 5.74) is 6.29. The van der Waals surface area contributed by atoms with Crippen LogP contribution in [0.3, 0.4) is 0 Å². The molecule has 0 saturated heterocycles. The number of hydrogen-bond acceptors (Lipinski definition) is 3. The Labute approximate surface area is 106 Å². The van der Waals surface area contributed by atoms with Crippen LogP contribution in [0.4, 0.5) is 10.2 Å². The van der Waals surface area contributed by atoms with Gasteiger partial charge in [0.15, 0.2) is 0 Å². The number of halogens is 2. The molecule has 4 nitrogen and oxygen atoms in total. The van der Waals surface area contributed by atoms with Gasteiger partial charge in [-0.2, -0.15) is 5.10 Å². The van der Waals surface area contributed by atoms with E-state index in [0.717, 1.165) is 0 Å². The second kappa shape index (κ2) is 4.46. The molecule has 0 spiro atoms. The fourth-order valence-corrected chi connectivity index (χ4v) is 1.96. The molecular weight excluding hydrogens is 289 g/mol. The number of nitrogen functional groups attached to an aromatic ring is 1. The molecule has 1 aromatic carbocycles. The van der Waals surface area contributed by atoms with Crippen LogP contribution in [0.25, 0.3) is 0 Å². The van der Waals surface area contributed by atoms with Crippen molar-refractivity contribution in [2.75, 3.05) is 5.73 Å². The van der Waals surface area contributed by atoms with Crippen LogP contribution in [-0.4, -0.2) is 14.9 Å². The molecule has 0 aliphatic heterocycles. The first-order chi connectivity index (χ1) is 8.02. The molecule has 3 N–H and O–H groups in total. The highest BCUT2D eigenvalue weighted by atomic mass is 79.9. The number of nitrogens with two attached hydrogens (primary N) is 1. The molecule has 2 rings (SSSR count). The van der Waals surface area contributed by atoms with Crippen LogP contribution < -0.4 is 5.73 Å². The van der Waals surface area contributed by atoms with E-state index in [2.05, 4.69) is 21.0 Å². The average Bonchev–Trinajstić information content (AvgIpc) is 2.63. The summed E-state index contributed by atoms with van der Waals surface area (Å²) in [4.78, 5) is 0. The van der Waals surface area contributed by atoms with Crippen LogP contribution in [-0.2, 0) is 7.05 Å². The lowest BCUT2D eigenvalue weighted by molar-refractivity contribution is 0.215. The van der Waals surface area contributed by atoms with E-state index in [9.17, 15) is 9.50 Å². The predicted molar refractivity (Wildman–Crippen MR) is 65.8 cm³/mol. The van der Waals surface area contributed by atoms with Gasteiger partial charge in [0, 0.05) is 18.2 Å². The van der Waals surface area contributed by atoms with Crippen LogP contribution in [0.15, 0.2) is 28.9 Å². The summed E-state index contributed by atoms with van der Waals surface area (Å²) in [5.74, 6) is -0.180. The van der Waals surface area contributed by atoms with Gasteiger partial charge in [-0.15, -0.1) is 0 Å². The molecule has 1 aromatic heterocycles. The van der Waals surface area contributed by atoms with Crippen LogP contribution in [0, 0.1) is 5.82 Å². The van der Waals surface area contributed by atoms with Gasteiger partial charge in [-0.1, -0.05) is 12.1 Å². The molecule has 0 aliphatic rings. The van der Waals surface area contributed by atoms with E-state index in [1.165, 1.54) is 16.9 Å². The molecule has 0 aliphatic carbocycles. The smallest absolute Gasteiger partial charge is 0.143 e. The number of benzene rings is 1. The normalized spacial score (nSPS) is 12.7. The van der Waals surface area contributed by atoms with E-state index in [1.807, 2.05) is 0 Å². The first-order valence-corrected chi connectivity index (χ1v) is 5.71. The Bertz CT molecular complexity index is 556. The Balaban J connectivity index is 2.47. The van der Waals surface area contributed by atoms with Crippen molar-refractivity contribution >= 4 is 21.7 Å². The first-order valence-electron chi connectivity index (χ1n) is 4.91. The minimum Gasteiger partial charge on any atom is -0.384 e. The van der Waals surface area contributed by atoms with Gasteiger partial charge in [0.05, 0.1) is 10.7 Å². The van der Waals surface area contributed by atoms with Crippen molar-refractivity contribution in [2.24, 2.45) is 7.05 Å². The third-order valence-corrected chi connectivity index (χ3v) is 3.20. The second-order valence-corrected chi connectivity index (χ2v) is 4.51. The number of aliphatic hydroxyl groups is 1. The summed E-state index contributed by atoms with van der Waals surface area (Å²) < 4.78 is 15.5. The van der Waals surface area contributed by atoms with E-state index < -0.39 is 11.9 Å². The van der Waals surface area contributed by atoms with Gasteiger partial charge in [0.1, 0.15) is 17.7 Å². The molecule has 17 heavy (non-hydrogen) atoms. The first kappa shape index (κ1) is 12.1. The molecule has 90 valence electrons. The number of aryl methyl sites for hydroxylation is 1. The molecule has 1 atom stereocenters.